The van der Waals surface area contributed by atoms with Crippen LogP contribution in [0.4, 0.5) is 0 Å². The van der Waals surface area contributed by atoms with Crippen molar-refractivity contribution >= 4 is 5.65 Å². The van der Waals surface area contributed by atoms with E-state index >= 15 is 0 Å². The van der Waals surface area contributed by atoms with E-state index in [9.17, 15) is 4.79 Å². The Bertz CT molecular complexity index is 527. The Hall–Kier alpha value is -1.66. The molecule has 0 bridgehead atoms. The van der Waals surface area contributed by atoms with Crippen molar-refractivity contribution in [3.63, 3.8) is 0 Å². The predicted octanol–water partition coefficient (Wildman–Crippen LogP) is 0.115. The molecule has 2 aromatic heterocycles. The molecule has 0 saturated carbocycles. The molecule has 0 aliphatic rings. The minimum atomic E-state index is -0.470. The highest BCUT2D eigenvalue weighted by Gasteiger charge is 2.11. The predicted molar refractivity (Wildman–Crippen MR) is 57.3 cm³/mol. The topological polar surface area (TPSA) is 57.8 Å². The molecule has 6 heteroatoms. The Labute approximate surface area is 92.0 Å². The summed E-state index contributed by atoms with van der Waals surface area (Å²) in [7, 11) is 3.05. The number of pyridine rings is 1. The number of rotatable bonds is 4. The summed E-state index contributed by atoms with van der Waals surface area (Å²) < 4.78 is 12.8. The monoisotopic (exact) mass is 223 g/mol. The average Bonchev–Trinajstić information content (AvgIpc) is 2.64. The Morgan fingerprint density at radius 2 is 2.12 bits per heavy atom. The first kappa shape index (κ1) is 10.8. The number of hydrogen-bond donors (Lipinski definition) is 0. The van der Waals surface area contributed by atoms with Crippen molar-refractivity contribution in [2.45, 2.75) is 12.8 Å². The molecule has 6 nitrogen and oxygen atoms in total. The second-order valence-corrected chi connectivity index (χ2v) is 3.29. The normalized spacial score (nSPS) is 11.4. The smallest absolute Gasteiger partial charge is 0.350 e. The van der Waals surface area contributed by atoms with Crippen LogP contribution in [0.3, 0.4) is 0 Å². The summed E-state index contributed by atoms with van der Waals surface area (Å²) in [6.45, 7) is 0.271. The maximum absolute atomic E-state index is 11.8. The fourth-order valence-electron chi connectivity index (χ4n) is 1.47. The van der Waals surface area contributed by atoms with Gasteiger partial charge in [0, 0.05) is 20.4 Å². The quantitative estimate of drug-likeness (QED) is 0.690. The van der Waals surface area contributed by atoms with Gasteiger partial charge in [-0.2, -0.15) is 0 Å². The van der Waals surface area contributed by atoms with Crippen LogP contribution in [0.5, 0.6) is 0 Å². The van der Waals surface area contributed by atoms with Crippen LogP contribution in [0.15, 0.2) is 29.2 Å². The first-order chi connectivity index (χ1) is 7.76. The van der Waals surface area contributed by atoms with Gasteiger partial charge in [-0.25, -0.2) is 9.48 Å². The highest BCUT2D eigenvalue weighted by atomic mass is 16.7. The van der Waals surface area contributed by atoms with E-state index in [4.69, 9.17) is 9.47 Å². The van der Waals surface area contributed by atoms with E-state index in [2.05, 4.69) is 5.10 Å². The van der Waals surface area contributed by atoms with Crippen LogP contribution in [0.2, 0.25) is 0 Å². The number of hydrogen-bond acceptors (Lipinski definition) is 4. The van der Waals surface area contributed by atoms with Crippen LogP contribution < -0.4 is 5.69 Å². The molecule has 0 radical (unpaired) electrons. The van der Waals surface area contributed by atoms with Gasteiger partial charge in [0.25, 0.3) is 0 Å². The van der Waals surface area contributed by atoms with E-state index in [1.165, 1.54) is 23.3 Å². The summed E-state index contributed by atoms with van der Waals surface area (Å²) in [6.07, 6.45) is 1.21. The molecule has 0 aromatic carbocycles. The summed E-state index contributed by atoms with van der Waals surface area (Å²) in [4.78, 5) is 11.8. The summed E-state index contributed by atoms with van der Waals surface area (Å²) >= 11 is 0. The van der Waals surface area contributed by atoms with E-state index in [-0.39, 0.29) is 12.2 Å². The van der Waals surface area contributed by atoms with E-state index in [1.54, 1.807) is 18.3 Å². The van der Waals surface area contributed by atoms with Gasteiger partial charge >= 0.3 is 5.69 Å². The number of aromatic nitrogens is 3. The maximum Gasteiger partial charge on any atom is 0.350 e. The summed E-state index contributed by atoms with van der Waals surface area (Å²) in [6, 6.07) is 5.38. The van der Waals surface area contributed by atoms with E-state index in [0.29, 0.717) is 5.65 Å². The molecule has 2 heterocycles. The van der Waals surface area contributed by atoms with Crippen molar-refractivity contribution in [3.05, 3.63) is 34.9 Å². The van der Waals surface area contributed by atoms with Gasteiger partial charge in [0.05, 0.1) is 6.54 Å². The fraction of sp³-hybridized carbons (Fsp3) is 0.400. The zero-order valence-electron chi connectivity index (χ0n) is 9.16. The van der Waals surface area contributed by atoms with Gasteiger partial charge in [0.15, 0.2) is 11.9 Å². The zero-order valence-corrected chi connectivity index (χ0v) is 9.16. The van der Waals surface area contributed by atoms with Crippen LogP contribution in [-0.2, 0) is 16.0 Å². The van der Waals surface area contributed by atoms with Gasteiger partial charge in [0.1, 0.15) is 0 Å². The Balaban J connectivity index is 2.38. The summed E-state index contributed by atoms with van der Waals surface area (Å²) in [5.41, 5.74) is 0.410. The van der Waals surface area contributed by atoms with Crippen LogP contribution >= 0.6 is 0 Å². The van der Waals surface area contributed by atoms with Crippen molar-refractivity contribution in [3.8, 4) is 0 Å². The molecule has 0 spiro atoms. The summed E-state index contributed by atoms with van der Waals surface area (Å²) in [5.74, 6) is 0. The largest absolute Gasteiger partial charge is 0.354 e. The van der Waals surface area contributed by atoms with Gasteiger partial charge in [-0.15, -0.1) is 5.10 Å². The molecule has 86 valence electrons. The molecule has 16 heavy (non-hydrogen) atoms. The molecule has 2 rings (SSSR count). The third kappa shape index (κ3) is 1.84. The first-order valence-corrected chi connectivity index (χ1v) is 4.86. The molecule has 0 amide bonds. The van der Waals surface area contributed by atoms with Crippen LogP contribution in [0, 0.1) is 0 Å². The molecule has 0 aliphatic heterocycles. The second kappa shape index (κ2) is 4.46. The van der Waals surface area contributed by atoms with Gasteiger partial charge in [-0.1, -0.05) is 6.07 Å². The lowest BCUT2D eigenvalue weighted by Gasteiger charge is -2.11. The average molecular weight is 223 g/mol. The van der Waals surface area contributed by atoms with Gasteiger partial charge < -0.3 is 9.47 Å². The third-order valence-electron chi connectivity index (χ3n) is 2.34. The van der Waals surface area contributed by atoms with Crippen molar-refractivity contribution in [2.75, 3.05) is 14.2 Å². The molecule has 0 fully saturated rings. The SMILES string of the molecule is COC(Cn1nc2ccccn2c1=O)OC. The molecule has 0 aliphatic carbocycles. The Kier molecular flexibility index (Phi) is 3.02. The highest BCUT2D eigenvalue weighted by Crippen LogP contribution is 1.98. The van der Waals surface area contributed by atoms with Gasteiger partial charge in [0.2, 0.25) is 0 Å². The lowest BCUT2D eigenvalue weighted by Crippen LogP contribution is -2.29. The number of ether oxygens (including phenoxy) is 2. The standard InChI is InChI=1S/C10H13N3O3/c1-15-9(16-2)7-13-10(14)12-6-4-3-5-8(12)11-13/h3-6,9H,7H2,1-2H3. The first-order valence-electron chi connectivity index (χ1n) is 4.86. The van der Waals surface area contributed by atoms with Crippen LogP contribution in [-0.4, -0.2) is 34.7 Å². The van der Waals surface area contributed by atoms with E-state index < -0.39 is 6.29 Å². The third-order valence-corrected chi connectivity index (χ3v) is 2.34. The van der Waals surface area contributed by atoms with E-state index in [1.807, 2.05) is 6.07 Å². The number of nitrogens with zero attached hydrogens (tertiary/aromatic N) is 3. The summed E-state index contributed by atoms with van der Waals surface area (Å²) in [5, 5.41) is 4.16. The minimum Gasteiger partial charge on any atom is -0.354 e. The lowest BCUT2D eigenvalue weighted by atomic mass is 10.5. The van der Waals surface area contributed by atoms with Crippen molar-refractivity contribution < 1.29 is 9.47 Å². The second-order valence-electron chi connectivity index (χ2n) is 3.29. The molecule has 0 saturated heterocycles. The molecule has 2 aromatic rings. The lowest BCUT2D eigenvalue weighted by molar-refractivity contribution is -0.113. The maximum atomic E-state index is 11.8. The molecular weight excluding hydrogens is 210 g/mol. The molecular formula is C10H13N3O3. The Morgan fingerprint density at radius 3 is 2.75 bits per heavy atom. The van der Waals surface area contributed by atoms with Crippen molar-refractivity contribution in [1.82, 2.24) is 14.2 Å². The number of fused-ring (bicyclic) bond motifs is 1. The van der Waals surface area contributed by atoms with Crippen LogP contribution in [0.25, 0.3) is 5.65 Å². The fourth-order valence-corrected chi connectivity index (χ4v) is 1.47. The van der Waals surface area contributed by atoms with Crippen LogP contribution in [0.1, 0.15) is 0 Å². The van der Waals surface area contributed by atoms with Gasteiger partial charge in [-0.3, -0.25) is 4.40 Å². The Morgan fingerprint density at radius 1 is 1.38 bits per heavy atom. The molecule has 0 unspecified atom stereocenters. The molecule has 0 atom stereocenters. The van der Waals surface area contributed by atoms with E-state index in [0.717, 1.165) is 0 Å². The number of methoxy groups -OCH3 is 2. The molecule has 0 N–H and O–H groups in total. The minimum absolute atomic E-state index is 0.199. The van der Waals surface area contributed by atoms with Gasteiger partial charge in [-0.05, 0) is 12.1 Å². The van der Waals surface area contributed by atoms with Crippen molar-refractivity contribution in [1.29, 1.82) is 0 Å². The van der Waals surface area contributed by atoms with Crippen molar-refractivity contribution in [2.24, 2.45) is 0 Å². The highest BCUT2D eigenvalue weighted by molar-refractivity contribution is 5.35. The zero-order chi connectivity index (χ0) is 11.5.